The van der Waals surface area contributed by atoms with Gasteiger partial charge in [0.15, 0.2) is 0 Å². The molecule has 1 aromatic rings. The van der Waals surface area contributed by atoms with Crippen molar-refractivity contribution in [1.82, 2.24) is 0 Å². The SMILES string of the molecule is C[C@@H](CN)Oc1cccc(N(C)C)c1. The van der Waals surface area contributed by atoms with Gasteiger partial charge in [-0.05, 0) is 19.1 Å². The monoisotopic (exact) mass is 194 g/mol. The second-order valence-corrected chi connectivity index (χ2v) is 3.56. The van der Waals surface area contributed by atoms with E-state index in [2.05, 4.69) is 0 Å². The minimum Gasteiger partial charge on any atom is -0.489 e. The van der Waals surface area contributed by atoms with E-state index < -0.39 is 0 Å². The summed E-state index contributed by atoms with van der Waals surface area (Å²) >= 11 is 0. The minimum atomic E-state index is 0.0624. The van der Waals surface area contributed by atoms with Gasteiger partial charge in [-0.25, -0.2) is 0 Å². The van der Waals surface area contributed by atoms with E-state index in [9.17, 15) is 0 Å². The fraction of sp³-hybridized carbons (Fsp3) is 0.455. The lowest BCUT2D eigenvalue weighted by Crippen LogP contribution is -2.22. The van der Waals surface area contributed by atoms with Crippen molar-refractivity contribution in [2.24, 2.45) is 5.73 Å². The van der Waals surface area contributed by atoms with Gasteiger partial charge in [-0.15, -0.1) is 0 Å². The fourth-order valence-electron chi connectivity index (χ4n) is 1.12. The standard InChI is InChI=1S/C11H18N2O/c1-9(8-12)14-11-6-4-5-10(7-11)13(2)3/h4-7,9H,8,12H2,1-3H3/t9-/m0/s1. The van der Waals surface area contributed by atoms with Crippen molar-refractivity contribution in [2.45, 2.75) is 13.0 Å². The van der Waals surface area contributed by atoms with E-state index >= 15 is 0 Å². The summed E-state index contributed by atoms with van der Waals surface area (Å²) in [4.78, 5) is 2.04. The highest BCUT2D eigenvalue weighted by molar-refractivity contribution is 5.49. The van der Waals surface area contributed by atoms with Crippen LogP contribution in [0.3, 0.4) is 0 Å². The lowest BCUT2D eigenvalue weighted by Gasteiger charge is -2.16. The molecule has 1 aromatic carbocycles. The maximum absolute atomic E-state index is 5.60. The topological polar surface area (TPSA) is 38.5 Å². The summed E-state index contributed by atoms with van der Waals surface area (Å²) in [5.41, 5.74) is 6.61. The van der Waals surface area contributed by atoms with Crippen LogP contribution in [0.15, 0.2) is 24.3 Å². The predicted molar refractivity (Wildman–Crippen MR) is 59.9 cm³/mol. The molecule has 0 amide bonds. The molecule has 2 N–H and O–H groups in total. The molecule has 0 saturated heterocycles. The molecule has 3 nitrogen and oxygen atoms in total. The number of nitrogens with two attached hydrogens (primary N) is 1. The third kappa shape index (κ3) is 2.92. The summed E-state index contributed by atoms with van der Waals surface area (Å²) in [7, 11) is 4.01. The van der Waals surface area contributed by atoms with E-state index in [0.717, 1.165) is 11.4 Å². The summed E-state index contributed by atoms with van der Waals surface area (Å²) < 4.78 is 5.60. The Hall–Kier alpha value is -1.22. The summed E-state index contributed by atoms with van der Waals surface area (Å²) in [6.45, 7) is 2.49. The van der Waals surface area contributed by atoms with Crippen LogP contribution in [-0.4, -0.2) is 26.7 Å². The van der Waals surface area contributed by atoms with Gasteiger partial charge in [0.25, 0.3) is 0 Å². The van der Waals surface area contributed by atoms with Crippen molar-refractivity contribution in [3.63, 3.8) is 0 Å². The first-order chi connectivity index (χ1) is 6.63. The second-order valence-electron chi connectivity index (χ2n) is 3.56. The lowest BCUT2D eigenvalue weighted by molar-refractivity contribution is 0.230. The molecule has 0 aliphatic carbocycles. The van der Waals surface area contributed by atoms with E-state index in [-0.39, 0.29) is 6.10 Å². The minimum absolute atomic E-state index is 0.0624. The van der Waals surface area contributed by atoms with E-state index in [1.165, 1.54) is 0 Å². The first-order valence-electron chi connectivity index (χ1n) is 4.77. The first-order valence-corrected chi connectivity index (χ1v) is 4.77. The average molecular weight is 194 g/mol. The Balaban J connectivity index is 2.73. The third-order valence-electron chi connectivity index (χ3n) is 2.00. The van der Waals surface area contributed by atoms with Gasteiger partial charge in [0.2, 0.25) is 0 Å². The molecule has 0 unspecified atom stereocenters. The van der Waals surface area contributed by atoms with Gasteiger partial charge < -0.3 is 15.4 Å². The fourth-order valence-corrected chi connectivity index (χ4v) is 1.12. The molecule has 0 aliphatic rings. The largest absolute Gasteiger partial charge is 0.489 e. The molecule has 1 atom stereocenters. The van der Waals surface area contributed by atoms with E-state index in [1.54, 1.807) is 0 Å². The highest BCUT2D eigenvalue weighted by Crippen LogP contribution is 2.19. The highest BCUT2D eigenvalue weighted by Gasteiger charge is 2.02. The van der Waals surface area contributed by atoms with Crippen molar-refractivity contribution in [3.8, 4) is 5.75 Å². The summed E-state index contributed by atoms with van der Waals surface area (Å²) in [5.74, 6) is 0.870. The zero-order valence-corrected chi connectivity index (χ0v) is 9.03. The average Bonchev–Trinajstić information content (AvgIpc) is 2.18. The van der Waals surface area contributed by atoms with Crippen LogP contribution in [0.1, 0.15) is 6.92 Å². The number of rotatable bonds is 4. The molecule has 3 heteroatoms. The number of nitrogens with zero attached hydrogens (tertiary/aromatic N) is 1. The molecule has 0 saturated carbocycles. The van der Waals surface area contributed by atoms with Gasteiger partial charge >= 0.3 is 0 Å². The number of hydrogen-bond donors (Lipinski definition) is 1. The molecule has 0 fully saturated rings. The quantitative estimate of drug-likeness (QED) is 0.789. The van der Waals surface area contributed by atoms with Crippen molar-refractivity contribution in [1.29, 1.82) is 0 Å². The van der Waals surface area contributed by atoms with Crippen LogP contribution in [0.2, 0.25) is 0 Å². The third-order valence-corrected chi connectivity index (χ3v) is 2.00. The van der Waals surface area contributed by atoms with Crippen LogP contribution < -0.4 is 15.4 Å². The van der Waals surface area contributed by atoms with Crippen LogP contribution in [0, 0.1) is 0 Å². The number of anilines is 1. The van der Waals surface area contributed by atoms with Gasteiger partial charge in [-0.3, -0.25) is 0 Å². The van der Waals surface area contributed by atoms with E-state index in [1.807, 2.05) is 50.2 Å². The highest BCUT2D eigenvalue weighted by atomic mass is 16.5. The molecule has 14 heavy (non-hydrogen) atoms. The number of hydrogen-bond acceptors (Lipinski definition) is 3. The normalized spacial score (nSPS) is 12.3. The van der Waals surface area contributed by atoms with Crippen molar-refractivity contribution < 1.29 is 4.74 Å². The number of ether oxygens (including phenoxy) is 1. The molecule has 0 radical (unpaired) electrons. The Kier molecular flexibility index (Phi) is 3.77. The Morgan fingerprint density at radius 1 is 1.43 bits per heavy atom. The van der Waals surface area contributed by atoms with Crippen LogP contribution >= 0.6 is 0 Å². The van der Waals surface area contributed by atoms with Crippen LogP contribution in [-0.2, 0) is 0 Å². The zero-order chi connectivity index (χ0) is 10.6. The van der Waals surface area contributed by atoms with Crippen LogP contribution in [0.25, 0.3) is 0 Å². The van der Waals surface area contributed by atoms with Crippen molar-refractivity contribution >= 4 is 5.69 Å². The molecular formula is C11H18N2O. The molecular weight excluding hydrogens is 176 g/mol. The van der Waals surface area contributed by atoms with Gasteiger partial charge in [-0.1, -0.05) is 6.07 Å². The van der Waals surface area contributed by atoms with Gasteiger partial charge in [0.05, 0.1) is 0 Å². The van der Waals surface area contributed by atoms with Crippen LogP contribution in [0.5, 0.6) is 5.75 Å². The maximum Gasteiger partial charge on any atom is 0.121 e. The van der Waals surface area contributed by atoms with Gasteiger partial charge in [-0.2, -0.15) is 0 Å². The Labute approximate surface area is 85.5 Å². The zero-order valence-electron chi connectivity index (χ0n) is 9.03. The summed E-state index contributed by atoms with van der Waals surface area (Å²) in [6.07, 6.45) is 0.0624. The maximum atomic E-state index is 5.60. The van der Waals surface area contributed by atoms with E-state index in [4.69, 9.17) is 10.5 Å². The molecule has 0 bridgehead atoms. The Morgan fingerprint density at radius 2 is 2.14 bits per heavy atom. The first kappa shape index (κ1) is 10.9. The smallest absolute Gasteiger partial charge is 0.121 e. The van der Waals surface area contributed by atoms with Crippen molar-refractivity contribution in [3.05, 3.63) is 24.3 Å². The van der Waals surface area contributed by atoms with Crippen LogP contribution in [0.4, 0.5) is 5.69 Å². The lowest BCUT2D eigenvalue weighted by atomic mass is 10.3. The Bertz CT molecular complexity index is 286. The molecule has 1 rings (SSSR count). The molecule has 0 aliphatic heterocycles. The molecule has 0 heterocycles. The number of benzene rings is 1. The van der Waals surface area contributed by atoms with E-state index in [0.29, 0.717) is 6.54 Å². The predicted octanol–water partition coefficient (Wildman–Crippen LogP) is 1.48. The van der Waals surface area contributed by atoms with Gasteiger partial charge in [0.1, 0.15) is 11.9 Å². The molecule has 0 spiro atoms. The molecule has 78 valence electrons. The van der Waals surface area contributed by atoms with Gasteiger partial charge in [0, 0.05) is 32.4 Å². The summed E-state index contributed by atoms with van der Waals surface area (Å²) in [6, 6.07) is 7.97. The van der Waals surface area contributed by atoms with Crippen molar-refractivity contribution in [2.75, 3.05) is 25.5 Å². The summed E-state index contributed by atoms with van der Waals surface area (Å²) in [5, 5.41) is 0. The molecule has 0 aromatic heterocycles. The Morgan fingerprint density at radius 3 is 2.71 bits per heavy atom. The second kappa shape index (κ2) is 4.86.